The van der Waals surface area contributed by atoms with Crippen LogP contribution in [0.3, 0.4) is 0 Å². The van der Waals surface area contributed by atoms with E-state index in [1.165, 1.54) is 0 Å². The van der Waals surface area contributed by atoms with Crippen LogP contribution in [-0.2, 0) is 16.1 Å². The Morgan fingerprint density at radius 2 is 2.17 bits per heavy atom. The number of amides is 1. The predicted molar refractivity (Wildman–Crippen MR) is 68.2 cm³/mol. The van der Waals surface area contributed by atoms with E-state index in [9.17, 15) is 4.79 Å². The van der Waals surface area contributed by atoms with E-state index in [1.807, 2.05) is 37.3 Å². The van der Waals surface area contributed by atoms with Crippen LogP contribution in [0.1, 0.15) is 18.9 Å². The maximum absolute atomic E-state index is 11.9. The first-order valence-corrected chi connectivity index (χ1v) is 6.23. The van der Waals surface area contributed by atoms with Crippen LogP contribution in [0.15, 0.2) is 30.3 Å². The Labute approximate surface area is 107 Å². The van der Waals surface area contributed by atoms with Crippen molar-refractivity contribution < 1.29 is 14.3 Å². The number of carbonyl (C=O) groups excluding carboxylic acids is 1. The third kappa shape index (κ3) is 3.01. The van der Waals surface area contributed by atoms with Gasteiger partial charge in [-0.3, -0.25) is 0 Å². The van der Waals surface area contributed by atoms with Crippen LogP contribution in [0.25, 0.3) is 0 Å². The van der Waals surface area contributed by atoms with E-state index in [-0.39, 0.29) is 18.2 Å². The molecule has 0 aromatic heterocycles. The summed E-state index contributed by atoms with van der Waals surface area (Å²) in [5.74, 6) is 0. The zero-order valence-electron chi connectivity index (χ0n) is 10.8. The number of hydrogen-bond acceptors (Lipinski definition) is 3. The number of rotatable bonds is 3. The minimum atomic E-state index is -0.291. The summed E-state index contributed by atoms with van der Waals surface area (Å²) in [6.07, 6.45) is 0.665. The first-order valence-electron chi connectivity index (χ1n) is 6.23. The Kier molecular flexibility index (Phi) is 4.20. The molecule has 4 heteroatoms. The van der Waals surface area contributed by atoms with Crippen LogP contribution in [-0.4, -0.2) is 36.8 Å². The smallest absolute Gasteiger partial charge is 0.410 e. The molecule has 2 unspecified atom stereocenters. The standard InChI is InChI=1S/C14H19NO3/c1-11-13(8-9-17-11)15(2)14(16)18-10-12-6-4-3-5-7-12/h3-7,11,13H,8-10H2,1-2H3. The topological polar surface area (TPSA) is 38.8 Å². The summed E-state index contributed by atoms with van der Waals surface area (Å²) in [4.78, 5) is 13.5. The van der Waals surface area contributed by atoms with Crippen molar-refractivity contribution in [2.75, 3.05) is 13.7 Å². The van der Waals surface area contributed by atoms with Crippen molar-refractivity contribution in [2.24, 2.45) is 0 Å². The Morgan fingerprint density at radius 1 is 1.44 bits per heavy atom. The third-order valence-electron chi connectivity index (χ3n) is 3.33. The van der Waals surface area contributed by atoms with E-state index in [0.717, 1.165) is 12.0 Å². The molecule has 0 bridgehead atoms. The lowest BCUT2D eigenvalue weighted by Gasteiger charge is -2.25. The lowest BCUT2D eigenvalue weighted by atomic mass is 10.1. The molecule has 1 aromatic rings. The molecule has 2 atom stereocenters. The van der Waals surface area contributed by atoms with Gasteiger partial charge in [0.25, 0.3) is 0 Å². The van der Waals surface area contributed by atoms with Gasteiger partial charge in [-0.1, -0.05) is 30.3 Å². The fourth-order valence-electron chi connectivity index (χ4n) is 2.19. The van der Waals surface area contributed by atoms with Gasteiger partial charge in [-0.2, -0.15) is 0 Å². The summed E-state index contributed by atoms with van der Waals surface area (Å²) in [6, 6.07) is 9.80. The largest absolute Gasteiger partial charge is 0.445 e. The molecular formula is C14H19NO3. The van der Waals surface area contributed by atoms with Crippen molar-refractivity contribution in [1.29, 1.82) is 0 Å². The highest BCUT2D eigenvalue weighted by atomic mass is 16.6. The molecule has 0 saturated carbocycles. The van der Waals surface area contributed by atoms with Gasteiger partial charge in [0.15, 0.2) is 0 Å². The van der Waals surface area contributed by atoms with Crippen molar-refractivity contribution in [2.45, 2.75) is 32.1 Å². The second-order valence-corrected chi connectivity index (χ2v) is 4.58. The van der Waals surface area contributed by atoms with Crippen molar-refractivity contribution in [1.82, 2.24) is 4.90 Å². The number of hydrogen-bond donors (Lipinski definition) is 0. The molecular weight excluding hydrogens is 230 g/mol. The van der Waals surface area contributed by atoms with Crippen molar-refractivity contribution in [3.63, 3.8) is 0 Å². The first kappa shape index (κ1) is 12.9. The van der Waals surface area contributed by atoms with E-state index in [0.29, 0.717) is 13.2 Å². The normalized spacial score (nSPS) is 22.8. The minimum absolute atomic E-state index is 0.0827. The Morgan fingerprint density at radius 3 is 2.78 bits per heavy atom. The maximum Gasteiger partial charge on any atom is 0.410 e. The minimum Gasteiger partial charge on any atom is -0.445 e. The average molecular weight is 249 g/mol. The molecule has 0 spiro atoms. The van der Waals surface area contributed by atoms with Crippen LogP contribution in [0.2, 0.25) is 0 Å². The maximum atomic E-state index is 11.9. The molecule has 0 aliphatic carbocycles. The molecule has 2 rings (SSSR count). The van der Waals surface area contributed by atoms with Crippen LogP contribution in [0.4, 0.5) is 4.79 Å². The van der Waals surface area contributed by atoms with Crippen LogP contribution in [0, 0.1) is 0 Å². The number of benzene rings is 1. The summed E-state index contributed by atoms with van der Waals surface area (Å²) in [6.45, 7) is 3.01. The van der Waals surface area contributed by atoms with Gasteiger partial charge >= 0.3 is 6.09 Å². The monoisotopic (exact) mass is 249 g/mol. The summed E-state index contributed by atoms with van der Waals surface area (Å²) in [5, 5.41) is 0. The molecule has 1 aromatic carbocycles. The Bertz CT molecular complexity index is 393. The molecule has 98 valence electrons. The van der Waals surface area contributed by atoms with Gasteiger partial charge in [0, 0.05) is 13.7 Å². The second kappa shape index (κ2) is 5.87. The zero-order chi connectivity index (χ0) is 13.0. The second-order valence-electron chi connectivity index (χ2n) is 4.58. The van der Waals surface area contributed by atoms with Gasteiger partial charge in [0.2, 0.25) is 0 Å². The summed E-state index contributed by atoms with van der Waals surface area (Å²) in [7, 11) is 1.77. The molecule has 1 saturated heterocycles. The molecule has 1 heterocycles. The van der Waals surface area contributed by atoms with Crippen molar-refractivity contribution >= 4 is 6.09 Å². The van der Waals surface area contributed by atoms with E-state index >= 15 is 0 Å². The van der Waals surface area contributed by atoms with Gasteiger partial charge in [0.05, 0.1) is 12.1 Å². The molecule has 1 aliphatic heterocycles. The molecule has 0 radical (unpaired) electrons. The Hall–Kier alpha value is -1.55. The predicted octanol–water partition coefficient (Wildman–Crippen LogP) is 2.43. The van der Waals surface area contributed by atoms with Gasteiger partial charge in [0.1, 0.15) is 6.61 Å². The van der Waals surface area contributed by atoms with E-state index < -0.39 is 0 Å². The molecule has 1 fully saturated rings. The molecule has 1 aliphatic rings. The Balaban J connectivity index is 1.84. The van der Waals surface area contributed by atoms with Gasteiger partial charge in [-0.05, 0) is 18.9 Å². The highest BCUT2D eigenvalue weighted by Gasteiger charge is 2.31. The average Bonchev–Trinajstić information content (AvgIpc) is 2.82. The van der Waals surface area contributed by atoms with Gasteiger partial charge in [-0.25, -0.2) is 4.79 Å². The lowest BCUT2D eigenvalue weighted by molar-refractivity contribution is 0.0603. The van der Waals surface area contributed by atoms with E-state index in [4.69, 9.17) is 9.47 Å². The van der Waals surface area contributed by atoms with E-state index in [1.54, 1.807) is 11.9 Å². The number of ether oxygens (including phenoxy) is 2. The number of carbonyl (C=O) groups is 1. The zero-order valence-corrected chi connectivity index (χ0v) is 10.8. The first-order chi connectivity index (χ1) is 8.68. The van der Waals surface area contributed by atoms with Crippen LogP contribution < -0.4 is 0 Å². The van der Waals surface area contributed by atoms with Crippen molar-refractivity contribution in [3.8, 4) is 0 Å². The fraction of sp³-hybridized carbons (Fsp3) is 0.500. The van der Waals surface area contributed by atoms with Crippen LogP contribution in [0.5, 0.6) is 0 Å². The molecule has 0 N–H and O–H groups in total. The fourth-order valence-corrected chi connectivity index (χ4v) is 2.19. The molecule has 18 heavy (non-hydrogen) atoms. The third-order valence-corrected chi connectivity index (χ3v) is 3.33. The van der Waals surface area contributed by atoms with Crippen molar-refractivity contribution in [3.05, 3.63) is 35.9 Å². The van der Waals surface area contributed by atoms with Gasteiger partial charge < -0.3 is 14.4 Å². The highest BCUT2D eigenvalue weighted by Crippen LogP contribution is 2.19. The van der Waals surface area contributed by atoms with Crippen LogP contribution >= 0.6 is 0 Å². The highest BCUT2D eigenvalue weighted by molar-refractivity contribution is 5.67. The van der Waals surface area contributed by atoms with E-state index in [2.05, 4.69) is 0 Å². The molecule has 4 nitrogen and oxygen atoms in total. The number of likely N-dealkylation sites (N-methyl/N-ethyl adjacent to an activating group) is 1. The summed E-state index contributed by atoms with van der Waals surface area (Å²) >= 11 is 0. The SMILES string of the molecule is CC1OCCC1N(C)C(=O)OCc1ccccc1. The van der Waals surface area contributed by atoms with Gasteiger partial charge in [-0.15, -0.1) is 0 Å². The number of nitrogens with zero attached hydrogens (tertiary/aromatic N) is 1. The molecule has 1 amide bonds. The summed E-state index contributed by atoms with van der Waals surface area (Å²) < 4.78 is 10.7. The summed E-state index contributed by atoms with van der Waals surface area (Å²) in [5.41, 5.74) is 0.995. The lowest BCUT2D eigenvalue weighted by Crippen LogP contribution is -2.41. The quantitative estimate of drug-likeness (QED) is 0.826.